The van der Waals surface area contributed by atoms with Crippen LogP contribution < -0.4 is 9.80 Å². The molecule has 2 aliphatic rings. The summed E-state index contributed by atoms with van der Waals surface area (Å²) in [6.45, 7) is 4.57. The number of fused-ring (bicyclic) bond motifs is 1. The van der Waals surface area contributed by atoms with Crippen molar-refractivity contribution >= 4 is 61.7 Å². The van der Waals surface area contributed by atoms with Gasteiger partial charge in [0.15, 0.2) is 5.13 Å². The fraction of sp³-hybridized carbons (Fsp3) is 0.304. The second-order valence-corrected chi connectivity index (χ2v) is 9.38. The molecular weight excluding hydrogens is 448 g/mol. The van der Waals surface area contributed by atoms with Crippen molar-refractivity contribution in [1.82, 2.24) is 9.88 Å². The highest BCUT2D eigenvalue weighted by Gasteiger charge is 2.30. The zero-order chi connectivity index (χ0) is 22.4. The fourth-order valence-corrected chi connectivity index (χ4v) is 5.35. The van der Waals surface area contributed by atoms with Crippen molar-refractivity contribution in [3.63, 3.8) is 0 Å². The van der Waals surface area contributed by atoms with Gasteiger partial charge >= 0.3 is 0 Å². The smallest absolute Gasteiger partial charge is 0.253 e. The van der Waals surface area contributed by atoms with Crippen molar-refractivity contribution in [3.05, 3.63) is 52.5 Å². The number of halogens is 1. The number of aromatic nitrogens is 1. The lowest BCUT2D eigenvalue weighted by molar-refractivity contribution is -0.121. The van der Waals surface area contributed by atoms with E-state index in [4.69, 9.17) is 16.6 Å². The summed E-state index contributed by atoms with van der Waals surface area (Å²) in [6, 6.07) is 10.6. The Morgan fingerprint density at radius 3 is 2.28 bits per heavy atom. The monoisotopic (exact) mass is 468 g/mol. The van der Waals surface area contributed by atoms with Gasteiger partial charge in [-0.1, -0.05) is 22.9 Å². The summed E-state index contributed by atoms with van der Waals surface area (Å²) in [5.74, 6) is -0.447. The van der Waals surface area contributed by atoms with Gasteiger partial charge in [0.25, 0.3) is 5.91 Å². The van der Waals surface area contributed by atoms with E-state index in [1.807, 2.05) is 24.0 Å². The molecule has 0 unspecified atom stereocenters. The summed E-state index contributed by atoms with van der Waals surface area (Å²) in [7, 11) is 0. The van der Waals surface area contributed by atoms with E-state index < -0.39 is 0 Å². The number of nitrogens with zero attached hydrogens (tertiary/aromatic N) is 4. The predicted molar refractivity (Wildman–Crippen MR) is 126 cm³/mol. The lowest BCUT2D eigenvalue weighted by Gasteiger charge is -2.34. The van der Waals surface area contributed by atoms with E-state index >= 15 is 0 Å². The van der Waals surface area contributed by atoms with Gasteiger partial charge in [0.05, 0.1) is 15.9 Å². The van der Waals surface area contributed by atoms with Crippen LogP contribution in [0.1, 0.15) is 28.8 Å². The molecule has 0 radical (unpaired) electrons. The van der Waals surface area contributed by atoms with Crippen LogP contribution >= 0.6 is 22.9 Å². The molecule has 0 N–H and O–H groups in total. The van der Waals surface area contributed by atoms with E-state index in [9.17, 15) is 14.4 Å². The second-order valence-electron chi connectivity index (χ2n) is 7.96. The maximum atomic E-state index is 13.0. The quantitative estimate of drug-likeness (QED) is 0.545. The van der Waals surface area contributed by atoms with Crippen molar-refractivity contribution in [2.75, 3.05) is 36.0 Å². The molecule has 164 valence electrons. The number of piperazine rings is 1. The normalized spacial score (nSPS) is 17.0. The highest BCUT2D eigenvalue weighted by molar-refractivity contribution is 7.22. The van der Waals surface area contributed by atoms with E-state index in [-0.39, 0.29) is 30.6 Å². The van der Waals surface area contributed by atoms with Crippen molar-refractivity contribution in [2.24, 2.45) is 0 Å². The first-order valence-electron chi connectivity index (χ1n) is 10.5. The maximum Gasteiger partial charge on any atom is 0.253 e. The van der Waals surface area contributed by atoms with E-state index in [2.05, 4.69) is 4.90 Å². The van der Waals surface area contributed by atoms with Crippen LogP contribution in [0.3, 0.4) is 0 Å². The minimum Gasteiger partial charge on any atom is -0.345 e. The number of rotatable bonds is 3. The maximum absolute atomic E-state index is 13.0. The predicted octanol–water partition coefficient (Wildman–Crippen LogP) is 3.87. The van der Waals surface area contributed by atoms with Crippen LogP contribution in [0.4, 0.5) is 10.8 Å². The Labute approximate surface area is 194 Å². The van der Waals surface area contributed by atoms with Gasteiger partial charge in [0.1, 0.15) is 0 Å². The van der Waals surface area contributed by atoms with E-state index in [1.165, 1.54) is 4.90 Å². The standard InChI is InChI=1S/C23H21ClN4O3S/c1-14-17(24)6-7-18-21(14)25-23(32-18)27-12-10-26(11-13-27)22(31)15-2-4-16(5-3-15)28-19(29)8-9-20(28)30/h2-7H,8-13H2,1H3. The number of thiazole rings is 1. The lowest BCUT2D eigenvalue weighted by atomic mass is 10.1. The molecule has 2 saturated heterocycles. The van der Waals surface area contributed by atoms with Crippen molar-refractivity contribution < 1.29 is 14.4 Å². The molecule has 2 fully saturated rings. The Morgan fingerprint density at radius 1 is 0.969 bits per heavy atom. The molecule has 9 heteroatoms. The van der Waals surface area contributed by atoms with Crippen LogP contribution in [-0.2, 0) is 9.59 Å². The van der Waals surface area contributed by atoms with Crippen molar-refractivity contribution in [3.8, 4) is 0 Å². The Balaban J connectivity index is 1.25. The molecule has 2 aromatic carbocycles. The molecule has 0 saturated carbocycles. The SMILES string of the molecule is Cc1c(Cl)ccc2sc(N3CCN(C(=O)c4ccc(N5C(=O)CCC5=O)cc4)CC3)nc12. The topological polar surface area (TPSA) is 73.8 Å². The molecule has 0 aliphatic carbocycles. The largest absolute Gasteiger partial charge is 0.345 e. The third kappa shape index (κ3) is 3.63. The first-order chi connectivity index (χ1) is 15.4. The Bertz CT molecular complexity index is 1220. The number of imide groups is 1. The molecule has 3 heterocycles. The van der Waals surface area contributed by atoms with Crippen LogP contribution in [-0.4, -0.2) is 53.8 Å². The van der Waals surface area contributed by atoms with Gasteiger partial charge in [-0.3, -0.25) is 19.3 Å². The van der Waals surface area contributed by atoms with Gasteiger partial charge in [0, 0.05) is 49.6 Å². The molecule has 2 aliphatic heterocycles. The number of carbonyl (C=O) groups is 3. The Hall–Kier alpha value is -2.97. The molecule has 0 atom stereocenters. The summed E-state index contributed by atoms with van der Waals surface area (Å²) >= 11 is 7.87. The summed E-state index contributed by atoms with van der Waals surface area (Å²) in [6.07, 6.45) is 0.482. The number of carbonyl (C=O) groups excluding carboxylic acids is 3. The minimum absolute atomic E-state index is 0.0535. The van der Waals surface area contributed by atoms with Gasteiger partial charge in [0.2, 0.25) is 11.8 Å². The Morgan fingerprint density at radius 2 is 1.62 bits per heavy atom. The molecule has 32 heavy (non-hydrogen) atoms. The van der Waals surface area contributed by atoms with Crippen LogP contribution in [0.5, 0.6) is 0 Å². The van der Waals surface area contributed by atoms with Gasteiger partial charge < -0.3 is 9.80 Å². The molecule has 7 nitrogen and oxygen atoms in total. The molecule has 3 aromatic rings. The number of anilines is 2. The molecule has 0 spiro atoms. The number of benzene rings is 2. The zero-order valence-electron chi connectivity index (χ0n) is 17.5. The highest BCUT2D eigenvalue weighted by Crippen LogP contribution is 2.34. The zero-order valence-corrected chi connectivity index (χ0v) is 19.1. The van der Waals surface area contributed by atoms with Crippen LogP contribution in [0.15, 0.2) is 36.4 Å². The number of hydrogen-bond donors (Lipinski definition) is 0. The summed E-state index contributed by atoms with van der Waals surface area (Å²) in [4.78, 5) is 46.8. The number of hydrogen-bond acceptors (Lipinski definition) is 6. The molecular formula is C23H21ClN4O3S. The average Bonchev–Trinajstić information content (AvgIpc) is 3.40. The summed E-state index contributed by atoms with van der Waals surface area (Å²) < 4.78 is 1.11. The third-order valence-electron chi connectivity index (χ3n) is 6.00. The first kappa shape index (κ1) is 20.9. The summed E-state index contributed by atoms with van der Waals surface area (Å²) in [5.41, 5.74) is 2.99. The van der Waals surface area contributed by atoms with Crippen LogP contribution in [0, 0.1) is 6.92 Å². The fourth-order valence-electron chi connectivity index (χ4n) is 4.13. The Kier molecular flexibility index (Phi) is 5.35. The molecule has 5 rings (SSSR count). The van der Waals surface area contributed by atoms with Gasteiger partial charge in [-0.25, -0.2) is 4.98 Å². The van der Waals surface area contributed by atoms with Crippen molar-refractivity contribution in [1.29, 1.82) is 0 Å². The molecule has 3 amide bonds. The van der Waals surface area contributed by atoms with Crippen molar-refractivity contribution in [2.45, 2.75) is 19.8 Å². The van der Waals surface area contributed by atoms with Gasteiger partial charge in [-0.15, -0.1) is 0 Å². The van der Waals surface area contributed by atoms with E-state index in [1.54, 1.807) is 35.6 Å². The lowest BCUT2D eigenvalue weighted by Crippen LogP contribution is -2.48. The summed E-state index contributed by atoms with van der Waals surface area (Å²) in [5, 5.41) is 1.66. The van der Waals surface area contributed by atoms with E-state index in [0.29, 0.717) is 42.5 Å². The van der Waals surface area contributed by atoms with Crippen LogP contribution in [0.25, 0.3) is 10.2 Å². The first-order valence-corrected chi connectivity index (χ1v) is 11.7. The van der Waals surface area contributed by atoms with Gasteiger partial charge in [-0.2, -0.15) is 0 Å². The molecule has 1 aromatic heterocycles. The number of aryl methyl sites for hydroxylation is 1. The van der Waals surface area contributed by atoms with Crippen LogP contribution in [0.2, 0.25) is 5.02 Å². The van der Waals surface area contributed by atoms with Gasteiger partial charge in [-0.05, 0) is 48.9 Å². The second kappa shape index (κ2) is 8.18. The number of amides is 3. The highest BCUT2D eigenvalue weighted by atomic mass is 35.5. The molecule has 0 bridgehead atoms. The van der Waals surface area contributed by atoms with E-state index in [0.717, 1.165) is 20.9 Å². The average molecular weight is 469 g/mol. The third-order valence-corrected chi connectivity index (χ3v) is 7.49. The minimum atomic E-state index is -0.197.